The summed E-state index contributed by atoms with van der Waals surface area (Å²) >= 11 is 0. The molecule has 0 aliphatic rings. The van der Waals surface area contributed by atoms with Crippen molar-refractivity contribution in [3.63, 3.8) is 0 Å². The van der Waals surface area contributed by atoms with E-state index in [-0.39, 0.29) is 30.0 Å². The van der Waals surface area contributed by atoms with Gasteiger partial charge in [-0.1, -0.05) is 13.0 Å². The van der Waals surface area contributed by atoms with E-state index in [1.54, 1.807) is 31.2 Å². The van der Waals surface area contributed by atoms with Gasteiger partial charge in [0.25, 0.3) is 0 Å². The number of carbonyl (C=O) groups excluding carboxylic acids is 1. The standard InChI is InChI=1S/C17H21N5O4/c1-4-11(3)20-15-14(22(24)25)16(19-10-18-15)21-13-8-6-7-12(9-13)17(23)26-5-2/h6-11H,4-5H2,1-3H3,(H2,18,19,20,21). The zero-order valence-electron chi connectivity index (χ0n) is 14.9. The molecule has 0 bridgehead atoms. The lowest BCUT2D eigenvalue weighted by atomic mass is 10.2. The van der Waals surface area contributed by atoms with Gasteiger partial charge in [0.15, 0.2) is 0 Å². The van der Waals surface area contributed by atoms with Crippen LogP contribution in [0.2, 0.25) is 0 Å². The SMILES string of the molecule is CCOC(=O)c1cccc(Nc2ncnc(NC(C)CC)c2[N+](=O)[O-])c1. The van der Waals surface area contributed by atoms with Gasteiger partial charge in [0.1, 0.15) is 6.33 Å². The third-order valence-electron chi connectivity index (χ3n) is 3.64. The van der Waals surface area contributed by atoms with Crippen LogP contribution in [-0.4, -0.2) is 33.5 Å². The number of rotatable bonds is 8. The van der Waals surface area contributed by atoms with Gasteiger partial charge in [0.2, 0.25) is 11.6 Å². The Morgan fingerprint density at radius 2 is 2.04 bits per heavy atom. The third-order valence-corrected chi connectivity index (χ3v) is 3.64. The Morgan fingerprint density at radius 3 is 2.69 bits per heavy atom. The molecule has 26 heavy (non-hydrogen) atoms. The highest BCUT2D eigenvalue weighted by Gasteiger charge is 2.24. The second-order valence-corrected chi connectivity index (χ2v) is 5.56. The fourth-order valence-electron chi connectivity index (χ4n) is 2.16. The predicted octanol–water partition coefficient (Wildman–Crippen LogP) is 3.52. The zero-order valence-corrected chi connectivity index (χ0v) is 14.9. The van der Waals surface area contributed by atoms with Gasteiger partial charge in [-0.2, -0.15) is 0 Å². The largest absolute Gasteiger partial charge is 0.462 e. The molecule has 1 atom stereocenters. The summed E-state index contributed by atoms with van der Waals surface area (Å²) in [5.41, 5.74) is 0.563. The summed E-state index contributed by atoms with van der Waals surface area (Å²) in [4.78, 5) is 30.8. The maximum absolute atomic E-state index is 11.8. The van der Waals surface area contributed by atoms with E-state index in [0.717, 1.165) is 6.42 Å². The molecular weight excluding hydrogens is 338 g/mol. The summed E-state index contributed by atoms with van der Waals surface area (Å²) in [6, 6.07) is 6.50. The topological polar surface area (TPSA) is 119 Å². The number of esters is 1. The Bertz CT molecular complexity index is 796. The molecule has 1 heterocycles. The van der Waals surface area contributed by atoms with Gasteiger partial charge >= 0.3 is 11.7 Å². The summed E-state index contributed by atoms with van der Waals surface area (Å²) in [5.74, 6) is -0.285. The van der Waals surface area contributed by atoms with Crippen molar-refractivity contribution in [1.82, 2.24) is 9.97 Å². The summed E-state index contributed by atoms with van der Waals surface area (Å²) in [7, 11) is 0. The monoisotopic (exact) mass is 359 g/mol. The minimum absolute atomic E-state index is 0.0172. The molecule has 9 heteroatoms. The lowest BCUT2D eigenvalue weighted by molar-refractivity contribution is -0.383. The van der Waals surface area contributed by atoms with Gasteiger partial charge in [0, 0.05) is 11.7 Å². The number of aromatic nitrogens is 2. The van der Waals surface area contributed by atoms with E-state index in [2.05, 4.69) is 20.6 Å². The number of carbonyl (C=O) groups is 1. The van der Waals surface area contributed by atoms with E-state index >= 15 is 0 Å². The molecule has 0 amide bonds. The van der Waals surface area contributed by atoms with Crippen LogP contribution in [0.3, 0.4) is 0 Å². The van der Waals surface area contributed by atoms with Crippen molar-refractivity contribution in [2.75, 3.05) is 17.2 Å². The normalized spacial score (nSPS) is 11.5. The molecule has 0 aliphatic heterocycles. The molecule has 0 fully saturated rings. The van der Waals surface area contributed by atoms with Crippen molar-refractivity contribution in [2.45, 2.75) is 33.2 Å². The van der Waals surface area contributed by atoms with Crippen LogP contribution < -0.4 is 10.6 Å². The first-order valence-corrected chi connectivity index (χ1v) is 8.26. The number of anilines is 3. The average molecular weight is 359 g/mol. The van der Waals surface area contributed by atoms with Gasteiger partial charge in [-0.15, -0.1) is 0 Å². The summed E-state index contributed by atoms with van der Waals surface area (Å²) in [5, 5.41) is 17.4. The van der Waals surface area contributed by atoms with E-state index in [1.165, 1.54) is 6.33 Å². The second-order valence-electron chi connectivity index (χ2n) is 5.56. The third kappa shape index (κ3) is 4.65. The van der Waals surface area contributed by atoms with Crippen LogP contribution in [0.15, 0.2) is 30.6 Å². The van der Waals surface area contributed by atoms with Crippen LogP contribution in [0, 0.1) is 10.1 Å². The summed E-state index contributed by atoms with van der Waals surface area (Å²) < 4.78 is 4.96. The Balaban J connectivity index is 2.34. The molecule has 0 spiro atoms. The molecule has 1 unspecified atom stereocenters. The Hall–Kier alpha value is -3.23. The number of hydrogen-bond acceptors (Lipinski definition) is 8. The quantitative estimate of drug-likeness (QED) is 0.417. The smallest absolute Gasteiger partial charge is 0.353 e. The molecule has 138 valence electrons. The van der Waals surface area contributed by atoms with Crippen LogP contribution >= 0.6 is 0 Å². The molecule has 0 radical (unpaired) electrons. The fraction of sp³-hybridized carbons (Fsp3) is 0.353. The van der Waals surface area contributed by atoms with Crippen LogP contribution in [0.5, 0.6) is 0 Å². The Morgan fingerprint density at radius 1 is 1.31 bits per heavy atom. The van der Waals surface area contributed by atoms with Crippen LogP contribution in [0.1, 0.15) is 37.6 Å². The number of nitro groups is 1. The van der Waals surface area contributed by atoms with Crippen molar-refractivity contribution in [3.8, 4) is 0 Å². The number of hydrogen-bond donors (Lipinski definition) is 2. The van der Waals surface area contributed by atoms with E-state index in [0.29, 0.717) is 11.3 Å². The van der Waals surface area contributed by atoms with Crippen molar-refractivity contribution >= 4 is 29.0 Å². The molecule has 2 rings (SSSR count). The Labute approximate surface area is 151 Å². The van der Waals surface area contributed by atoms with Crippen molar-refractivity contribution < 1.29 is 14.5 Å². The first kappa shape index (κ1) is 19.1. The Kier molecular flexibility index (Phi) is 6.42. The van der Waals surface area contributed by atoms with Gasteiger partial charge in [0.05, 0.1) is 17.1 Å². The van der Waals surface area contributed by atoms with E-state index in [9.17, 15) is 14.9 Å². The summed E-state index contributed by atoms with van der Waals surface area (Å²) in [6.07, 6.45) is 2.03. The molecule has 0 aliphatic carbocycles. The van der Waals surface area contributed by atoms with Gasteiger partial charge < -0.3 is 15.4 Å². The molecule has 2 aromatic rings. The molecular formula is C17H21N5O4. The predicted molar refractivity (Wildman–Crippen MR) is 97.7 cm³/mol. The molecule has 0 saturated carbocycles. The maximum atomic E-state index is 11.8. The molecule has 1 aromatic carbocycles. The van der Waals surface area contributed by atoms with Gasteiger partial charge in [-0.25, -0.2) is 14.8 Å². The van der Waals surface area contributed by atoms with Gasteiger partial charge in [-0.05, 0) is 38.5 Å². The van der Waals surface area contributed by atoms with Crippen LogP contribution in [0.25, 0.3) is 0 Å². The lowest BCUT2D eigenvalue weighted by Gasteiger charge is -2.14. The highest BCUT2D eigenvalue weighted by molar-refractivity contribution is 5.91. The zero-order chi connectivity index (χ0) is 19.1. The molecule has 1 aromatic heterocycles. The highest BCUT2D eigenvalue weighted by atomic mass is 16.6. The minimum Gasteiger partial charge on any atom is -0.462 e. The van der Waals surface area contributed by atoms with E-state index < -0.39 is 10.9 Å². The van der Waals surface area contributed by atoms with Crippen molar-refractivity contribution in [1.29, 1.82) is 0 Å². The number of nitrogens with zero attached hydrogens (tertiary/aromatic N) is 3. The fourth-order valence-corrected chi connectivity index (χ4v) is 2.16. The molecule has 9 nitrogen and oxygen atoms in total. The van der Waals surface area contributed by atoms with E-state index in [4.69, 9.17) is 4.74 Å². The van der Waals surface area contributed by atoms with Crippen molar-refractivity contribution in [2.24, 2.45) is 0 Å². The minimum atomic E-state index is -0.539. The maximum Gasteiger partial charge on any atom is 0.353 e. The summed E-state index contributed by atoms with van der Waals surface area (Å²) in [6.45, 7) is 5.85. The number of ether oxygens (including phenoxy) is 1. The first-order chi connectivity index (χ1) is 12.5. The first-order valence-electron chi connectivity index (χ1n) is 8.26. The molecule has 0 saturated heterocycles. The van der Waals surface area contributed by atoms with E-state index in [1.807, 2.05) is 13.8 Å². The second kappa shape index (κ2) is 8.75. The van der Waals surface area contributed by atoms with Gasteiger partial charge in [-0.3, -0.25) is 10.1 Å². The molecule has 2 N–H and O–H groups in total. The number of benzene rings is 1. The van der Waals surface area contributed by atoms with Crippen LogP contribution in [-0.2, 0) is 4.74 Å². The van der Waals surface area contributed by atoms with Crippen LogP contribution in [0.4, 0.5) is 23.0 Å². The lowest BCUT2D eigenvalue weighted by Crippen LogP contribution is -2.16. The van der Waals surface area contributed by atoms with Crippen molar-refractivity contribution in [3.05, 3.63) is 46.3 Å². The number of nitrogens with one attached hydrogen (secondary N) is 2. The average Bonchev–Trinajstić information content (AvgIpc) is 2.62. The highest BCUT2D eigenvalue weighted by Crippen LogP contribution is 2.31.